The van der Waals surface area contributed by atoms with Crippen LogP contribution in [-0.2, 0) is 28.7 Å². The summed E-state index contributed by atoms with van der Waals surface area (Å²) in [5.74, 6) is -3.98. The second-order valence-corrected chi connectivity index (χ2v) is 13.0. The second-order valence-electron chi connectivity index (χ2n) is 13.0. The van der Waals surface area contributed by atoms with Gasteiger partial charge in [-0.1, -0.05) is 58.2 Å². The third kappa shape index (κ3) is 8.62. The van der Waals surface area contributed by atoms with E-state index in [0.29, 0.717) is 62.6 Å². The van der Waals surface area contributed by atoms with E-state index < -0.39 is 41.6 Å². The Bertz CT molecular complexity index is 1490. The summed E-state index contributed by atoms with van der Waals surface area (Å²) in [4.78, 5) is 89.2. The highest BCUT2D eigenvalue weighted by Gasteiger charge is 2.42. The number of carbonyl (C=O) groups excluding carboxylic acids is 6. The van der Waals surface area contributed by atoms with Gasteiger partial charge in [0, 0.05) is 36.3 Å². The number of nitrogens with one attached hydrogen (secondary N) is 2. The van der Waals surface area contributed by atoms with Gasteiger partial charge < -0.3 is 25.1 Å². The summed E-state index contributed by atoms with van der Waals surface area (Å²) in [6.45, 7) is 6.43. The molecular weight excluding hydrogens is 616 g/mol. The third-order valence-corrected chi connectivity index (χ3v) is 9.60. The lowest BCUT2D eigenvalue weighted by Crippen LogP contribution is -2.62. The maximum Gasteiger partial charge on any atom is 0.305 e. The molecule has 12 nitrogen and oxygen atoms in total. The fraction of sp³-hybridized carbons (Fsp3) is 0.611. The Hall–Kier alpha value is -4.22. The van der Waals surface area contributed by atoms with E-state index in [4.69, 9.17) is 9.57 Å². The molecule has 1 aromatic heterocycles. The lowest BCUT2D eigenvalue weighted by Gasteiger charge is -2.39. The van der Waals surface area contributed by atoms with Crippen molar-refractivity contribution in [3.05, 3.63) is 36.0 Å². The minimum atomic E-state index is -1.66. The Balaban J connectivity index is 1.66. The number of benzene rings is 1. The molecule has 0 bridgehead atoms. The van der Waals surface area contributed by atoms with Gasteiger partial charge in [0.15, 0.2) is 17.6 Å². The summed E-state index contributed by atoms with van der Waals surface area (Å²) in [5.41, 5.74) is 0.777. The van der Waals surface area contributed by atoms with E-state index >= 15 is 0 Å². The molecule has 2 fully saturated rings. The van der Waals surface area contributed by atoms with E-state index in [2.05, 4.69) is 10.6 Å². The molecule has 0 aliphatic carbocycles. The minimum absolute atomic E-state index is 0.127. The molecular formula is C36H50N4O8. The molecule has 48 heavy (non-hydrogen) atoms. The summed E-state index contributed by atoms with van der Waals surface area (Å²) < 4.78 is 6.56. The first-order valence-corrected chi connectivity index (χ1v) is 17.4. The normalized spacial score (nSPS) is 23.0. The lowest BCUT2D eigenvalue weighted by atomic mass is 9.87. The van der Waals surface area contributed by atoms with Crippen molar-refractivity contribution in [1.82, 2.24) is 20.3 Å². The van der Waals surface area contributed by atoms with Crippen LogP contribution in [0, 0.1) is 11.8 Å². The van der Waals surface area contributed by atoms with Crippen LogP contribution in [0.15, 0.2) is 30.5 Å². The van der Waals surface area contributed by atoms with E-state index in [1.165, 1.54) is 18.0 Å². The van der Waals surface area contributed by atoms with Crippen molar-refractivity contribution in [3.8, 4) is 0 Å². The van der Waals surface area contributed by atoms with Crippen LogP contribution in [0.1, 0.15) is 102 Å². The Morgan fingerprint density at radius 3 is 2.50 bits per heavy atom. The van der Waals surface area contributed by atoms with Gasteiger partial charge in [0.1, 0.15) is 13.2 Å². The largest absolute Gasteiger partial charge is 0.466 e. The molecule has 3 amide bonds. The molecule has 1 unspecified atom stereocenters. The Kier molecular flexibility index (Phi) is 13.2. The van der Waals surface area contributed by atoms with Crippen LogP contribution in [0.2, 0.25) is 0 Å². The van der Waals surface area contributed by atoms with Gasteiger partial charge in [-0.05, 0) is 50.5 Å². The zero-order valence-corrected chi connectivity index (χ0v) is 28.6. The van der Waals surface area contributed by atoms with E-state index in [1.54, 1.807) is 29.2 Å². The maximum absolute atomic E-state index is 14.2. The van der Waals surface area contributed by atoms with Crippen LogP contribution in [0.3, 0.4) is 0 Å². The number of aromatic nitrogens is 1. The van der Waals surface area contributed by atoms with Crippen molar-refractivity contribution in [2.45, 2.75) is 110 Å². The number of esters is 1. The van der Waals surface area contributed by atoms with Crippen LogP contribution >= 0.6 is 0 Å². The standard InChI is InChI=1S/C36H50N4O8/c1-5-20-48-30(42)18-9-7-8-14-24-21-29(41)28-17-12-13-19-39(28)36(46)31(23(3)6-2)37-35(45)32(38-34(24)44)33(43)26-22-40(47-4)27-16-11-10-15-25(26)27/h10-11,15-16,22-24,28,31-32H,5-9,12-14,17-21H2,1-4H3,(H,37,45)(H,38,44)/t23?,24-,28-,31+,32+/m1/s1. The number of hydrogen-bond donors (Lipinski definition) is 2. The zero-order chi connectivity index (χ0) is 34.8. The quantitative estimate of drug-likeness (QED) is 0.142. The average Bonchev–Trinajstić information content (AvgIpc) is 3.48. The van der Waals surface area contributed by atoms with Gasteiger partial charge >= 0.3 is 5.97 Å². The predicted octanol–water partition coefficient (Wildman–Crippen LogP) is 3.77. The zero-order valence-electron chi connectivity index (χ0n) is 28.6. The van der Waals surface area contributed by atoms with Gasteiger partial charge in [0.25, 0.3) is 5.91 Å². The summed E-state index contributed by atoms with van der Waals surface area (Å²) in [6.07, 6.45) is 6.96. The van der Waals surface area contributed by atoms with Crippen LogP contribution in [-0.4, -0.2) is 83.3 Å². The first kappa shape index (κ1) is 36.6. The smallest absolute Gasteiger partial charge is 0.305 e. The first-order valence-electron chi connectivity index (χ1n) is 17.4. The molecule has 262 valence electrons. The molecule has 2 aromatic rings. The molecule has 2 aliphatic heterocycles. The highest BCUT2D eigenvalue weighted by atomic mass is 16.6. The van der Waals surface area contributed by atoms with Crippen LogP contribution in [0.5, 0.6) is 0 Å². The maximum atomic E-state index is 14.2. The number of nitrogens with zero attached hydrogens (tertiary/aromatic N) is 2. The SMILES string of the molecule is CCCOC(=O)CCCCC[C@@H]1CC(=O)[C@H]2CCCCN2C(=O)[C@H](C(C)CC)NC(=O)[C@H](C(=O)c2cn(OC)c3ccccc23)NC1=O. The molecule has 1 aromatic carbocycles. The van der Waals surface area contributed by atoms with E-state index in [1.807, 2.05) is 20.8 Å². The van der Waals surface area contributed by atoms with Gasteiger partial charge in [-0.15, -0.1) is 0 Å². The predicted molar refractivity (Wildman–Crippen MR) is 179 cm³/mol. The van der Waals surface area contributed by atoms with Gasteiger partial charge in [0.2, 0.25) is 11.8 Å². The van der Waals surface area contributed by atoms with Crippen molar-refractivity contribution in [1.29, 1.82) is 0 Å². The second kappa shape index (κ2) is 17.3. The Morgan fingerprint density at radius 2 is 1.77 bits per heavy atom. The van der Waals surface area contributed by atoms with Crippen molar-refractivity contribution in [3.63, 3.8) is 0 Å². The van der Waals surface area contributed by atoms with Crippen LogP contribution in [0.25, 0.3) is 10.9 Å². The van der Waals surface area contributed by atoms with E-state index in [-0.39, 0.29) is 42.0 Å². The molecule has 2 aliphatic rings. The fourth-order valence-corrected chi connectivity index (χ4v) is 6.62. The number of para-hydroxylation sites is 1. The molecule has 4 rings (SSSR count). The van der Waals surface area contributed by atoms with Crippen LogP contribution < -0.4 is 15.5 Å². The first-order chi connectivity index (χ1) is 23.1. The molecule has 0 radical (unpaired) electrons. The van der Waals surface area contributed by atoms with Gasteiger partial charge in [-0.3, -0.25) is 28.8 Å². The summed E-state index contributed by atoms with van der Waals surface area (Å²) >= 11 is 0. The number of rotatable bonds is 13. The number of hydrogen-bond acceptors (Lipinski definition) is 8. The topological polar surface area (TPSA) is 153 Å². The fourth-order valence-electron chi connectivity index (χ4n) is 6.62. The molecule has 5 atom stereocenters. The number of carbonyl (C=O) groups is 6. The average molecular weight is 667 g/mol. The van der Waals surface area contributed by atoms with E-state index in [0.717, 1.165) is 19.3 Å². The molecule has 12 heteroatoms. The lowest BCUT2D eigenvalue weighted by molar-refractivity contribution is -0.147. The number of piperidine rings is 1. The number of ether oxygens (including phenoxy) is 1. The van der Waals surface area contributed by atoms with Crippen molar-refractivity contribution >= 4 is 46.2 Å². The monoisotopic (exact) mass is 666 g/mol. The van der Waals surface area contributed by atoms with Crippen molar-refractivity contribution in [2.75, 3.05) is 20.3 Å². The third-order valence-electron chi connectivity index (χ3n) is 9.60. The minimum Gasteiger partial charge on any atom is -0.466 e. The summed E-state index contributed by atoms with van der Waals surface area (Å²) in [7, 11) is 1.46. The van der Waals surface area contributed by atoms with Gasteiger partial charge in [0.05, 0.1) is 24.4 Å². The Labute approximate surface area is 282 Å². The number of Topliss-reactive ketones (excluding diaryl/α,β-unsaturated/α-hetero) is 2. The molecule has 2 saturated heterocycles. The Morgan fingerprint density at radius 1 is 1.00 bits per heavy atom. The number of fused-ring (bicyclic) bond motifs is 2. The summed E-state index contributed by atoms with van der Waals surface area (Å²) in [6, 6.07) is 3.73. The molecule has 2 N–H and O–H groups in total. The van der Waals surface area contributed by atoms with Crippen LogP contribution in [0.4, 0.5) is 0 Å². The van der Waals surface area contributed by atoms with Gasteiger partial charge in [-0.25, -0.2) is 0 Å². The number of unbranched alkanes of at least 4 members (excludes halogenated alkanes) is 2. The molecule has 0 spiro atoms. The van der Waals surface area contributed by atoms with E-state index in [9.17, 15) is 28.8 Å². The molecule has 0 saturated carbocycles. The molecule has 3 heterocycles. The highest BCUT2D eigenvalue weighted by molar-refractivity contribution is 6.20. The van der Waals surface area contributed by atoms with Gasteiger partial charge in [-0.2, -0.15) is 4.73 Å². The van der Waals surface area contributed by atoms with Crippen molar-refractivity contribution in [2.24, 2.45) is 11.8 Å². The van der Waals surface area contributed by atoms with Crippen molar-refractivity contribution < 1.29 is 38.3 Å². The number of amides is 3. The number of ketones is 2. The highest BCUT2D eigenvalue weighted by Crippen LogP contribution is 2.27. The summed E-state index contributed by atoms with van der Waals surface area (Å²) in [5, 5.41) is 6.04.